The number of rotatable bonds is 6. The lowest BCUT2D eigenvalue weighted by Crippen LogP contribution is -2.77. The zero-order valence-corrected chi connectivity index (χ0v) is 20.8. The lowest BCUT2D eigenvalue weighted by molar-refractivity contribution is -0.143. The van der Waals surface area contributed by atoms with Crippen LogP contribution < -0.4 is 10.1 Å². The zero-order valence-electron chi connectivity index (χ0n) is 20.1. The van der Waals surface area contributed by atoms with E-state index in [1.807, 2.05) is 27.7 Å². The molecule has 4 aliphatic rings. The molecule has 2 heterocycles. The molecule has 3 saturated carbocycles. The first-order valence-corrected chi connectivity index (χ1v) is 12.0. The molecule has 1 saturated heterocycles. The monoisotopic (exact) mass is 506 g/mol. The van der Waals surface area contributed by atoms with Crippen molar-refractivity contribution in [3.05, 3.63) is 40.8 Å². The van der Waals surface area contributed by atoms with Gasteiger partial charge in [-0.1, -0.05) is 11.6 Å². The molecule has 1 aliphatic heterocycles. The number of amides is 2. The van der Waals surface area contributed by atoms with Gasteiger partial charge in [0.15, 0.2) is 6.61 Å². The van der Waals surface area contributed by atoms with Crippen LogP contribution in [0.3, 0.4) is 0 Å². The fourth-order valence-corrected chi connectivity index (χ4v) is 5.37. The van der Waals surface area contributed by atoms with Gasteiger partial charge in [0.05, 0.1) is 16.4 Å². The van der Waals surface area contributed by atoms with Gasteiger partial charge in [-0.05, 0) is 59.1 Å². The summed E-state index contributed by atoms with van der Waals surface area (Å²) in [6.07, 6.45) is 1.80. The van der Waals surface area contributed by atoms with Gasteiger partial charge in [0.2, 0.25) is 11.8 Å². The van der Waals surface area contributed by atoms with Gasteiger partial charge in [0, 0.05) is 24.2 Å². The second kappa shape index (κ2) is 8.08. The number of ether oxygens (including phenoxy) is 2. The van der Waals surface area contributed by atoms with Gasteiger partial charge in [-0.25, -0.2) is 9.18 Å². The number of aromatic nitrogens is 2. The summed E-state index contributed by atoms with van der Waals surface area (Å²) in [5.74, 6) is 0.451. The summed E-state index contributed by atoms with van der Waals surface area (Å²) in [6.45, 7) is 7.71. The molecular weight excluding hydrogens is 479 g/mol. The van der Waals surface area contributed by atoms with Gasteiger partial charge < -0.3 is 24.1 Å². The van der Waals surface area contributed by atoms with Crippen LogP contribution in [0.15, 0.2) is 22.6 Å². The van der Waals surface area contributed by atoms with Crippen LogP contribution >= 0.6 is 11.6 Å². The third-order valence-electron chi connectivity index (χ3n) is 7.00. The molecule has 2 unspecified atom stereocenters. The molecule has 2 atom stereocenters. The van der Waals surface area contributed by atoms with Crippen LogP contribution in [0.4, 0.5) is 9.18 Å². The lowest BCUT2D eigenvalue weighted by atomic mass is 9.39. The SMILES string of the molecule is CC1C(c2nnc(C34CC(NC(=O)COc5ccc(Cl)c(F)c5)(C3)C4)o2)CN1C(=O)OC(C)(C)C. The molecular formula is C24H28ClFN4O5. The lowest BCUT2D eigenvalue weighted by Gasteiger charge is -2.68. The molecule has 1 aromatic carbocycles. The number of hydrogen-bond acceptors (Lipinski definition) is 7. The highest BCUT2D eigenvalue weighted by Gasteiger charge is 2.72. The number of carbonyl (C=O) groups excluding carboxylic acids is 2. The number of likely N-dealkylation sites (tertiary alicyclic amines) is 1. The third-order valence-corrected chi connectivity index (χ3v) is 7.31. The predicted molar refractivity (Wildman–Crippen MR) is 123 cm³/mol. The van der Waals surface area contributed by atoms with Crippen molar-refractivity contribution in [2.45, 2.75) is 75.5 Å². The Morgan fingerprint density at radius 2 is 2.00 bits per heavy atom. The molecule has 6 rings (SSSR count). The first-order chi connectivity index (χ1) is 16.4. The highest BCUT2D eigenvalue weighted by Crippen LogP contribution is 2.67. The van der Waals surface area contributed by atoms with Crippen LogP contribution in [-0.4, -0.2) is 57.4 Å². The van der Waals surface area contributed by atoms with E-state index in [2.05, 4.69) is 15.5 Å². The van der Waals surface area contributed by atoms with Gasteiger partial charge >= 0.3 is 6.09 Å². The number of halogens is 2. The number of hydrogen-bond donors (Lipinski definition) is 1. The summed E-state index contributed by atoms with van der Waals surface area (Å²) >= 11 is 5.66. The van der Waals surface area contributed by atoms with E-state index in [4.69, 9.17) is 25.5 Å². The molecule has 0 radical (unpaired) electrons. The van der Waals surface area contributed by atoms with E-state index in [-0.39, 0.29) is 52.3 Å². The summed E-state index contributed by atoms with van der Waals surface area (Å²) in [4.78, 5) is 26.3. The van der Waals surface area contributed by atoms with Crippen molar-refractivity contribution in [3.63, 3.8) is 0 Å². The van der Waals surface area contributed by atoms with Gasteiger partial charge in [0.25, 0.3) is 5.91 Å². The van der Waals surface area contributed by atoms with E-state index in [1.54, 1.807) is 4.90 Å². The molecule has 2 bridgehead atoms. The highest BCUT2D eigenvalue weighted by molar-refractivity contribution is 6.30. The molecule has 188 valence electrons. The largest absolute Gasteiger partial charge is 0.484 e. The average Bonchev–Trinajstić information content (AvgIpc) is 3.17. The topological polar surface area (TPSA) is 107 Å². The Bertz CT molecular complexity index is 1160. The van der Waals surface area contributed by atoms with Crippen molar-refractivity contribution in [2.75, 3.05) is 13.2 Å². The van der Waals surface area contributed by atoms with E-state index >= 15 is 0 Å². The highest BCUT2D eigenvalue weighted by atomic mass is 35.5. The van der Waals surface area contributed by atoms with E-state index < -0.39 is 11.4 Å². The average molecular weight is 507 g/mol. The molecule has 2 aromatic rings. The second-order valence-corrected chi connectivity index (χ2v) is 11.3. The summed E-state index contributed by atoms with van der Waals surface area (Å²) in [5.41, 5.74) is -1.05. The minimum absolute atomic E-state index is 0.00252. The Labute approximate surface area is 207 Å². The van der Waals surface area contributed by atoms with Crippen LogP contribution in [0, 0.1) is 5.82 Å². The van der Waals surface area contributed by atoms with Crippen LogP contribution in [-0.2, 0) is 14.9 Å². The van der Waals surface area contributed by atoms with E-state index in [9.17, 15) is 14.0 Å². The Morgan fingerprint density at radius 1 is 1.29 bits per heavy atom. The first kappa shape index (κ1) is 23.8. The maximum Gasteiger partial charge on any atom is 0.410 e. The van der Waals surface area contributed by atoms with Crippen molar-refractivity contribution >= 4 is 23.6 Å². The zero-order chi connectivity index (χ0) is 25.2. The van der Waals surface area contributed by atoms with Crippen molar-refractivity contribution < 1.29 is 27.9 Å². The molecule has 2 amide bonds. The van der Waals surface area contributed by atoms with Gasteiger partial charge in [-0.3, -0.25) is 4.79 Å². The van der Waals surface area contributed by atoms with Crippen LogP contribution in [0.5, 0.6) is 5.75 Å². The Balaban J connectivity index is 1.10. The van der Waals surface area contributed by atoms with E-state index in [0.29, 0.717) is 37.6 Å². The summed E-state index contributed by atoms with van der Waals surface area (Å²) < 4.78 is 30.3. The van der Waals surface area contributed by atoms with Crippen LogP contribution in [0.25, 0.3) is 0 Å². The summed E-state index contributed by atoms with van der Waals surface area (Å²) in [7, 11) is 0. The number of benzene rings is 1. The van der Waals surface area contributed by atoms with Crippen LogP contribution in [0.2, 0.25) is 5.02 Å². The normalized spacial score (nSPS) is 28.9. The van der Waals surface area contributed by atoms with Crippen molar-refractivity contribution in [1.29, 1.82) is 0 Å². The molecule has 11 heteroatoms. The molecule has 0 spiro atoms. The Kier molecular flexibility index (Phi) is 5.50. The maximum absolute atomic E-state index is 13.5. The smallest absolute Gasteiger partial charge is 0.410 e. The fraction of sp³-hybridized carbons (Fsp3) is 0.583. The number of nitrogens with zero attached hydrogens (tertiary/aromatic N) is 3. The van der Waals surface area contributed by atoms with Gasteiger partial charge in [0.1, 0.15) is 17.2 Å². The van der Waals surface area contributed by atoms with Gasteiger partial charge in [-0.15, -0.1) is 10.2 Å². The Hall–Kier alpha value is -2.88. The van der Waals surface area contributed by atoms with Crippen molar-refractivity contribution in [1.82, 2.24) is 20.4 Å². The number of nitrogens with one attached hydrogen (secondary N) is 1. The standard InChI is InChI=1S/C24H28ClFN4O5/c1-13-15(8-30(13)21(32)35-22(2,3)4)19-28-29-20(34-19)23-10-24(11-23,12-23)27-18(31)9-33-14-5-6-16(25)17(26)7-14/h5-7,13,15H,8-12H2,1-4H3,(H,27,31). The predicted octanol–water partition coefficient (Wildman–Crippen LogP) is 3.95. The molecule has 1 aromatic heterocycles. The van der Waals surface area contributed by atoms with Crippen molar-refractivity contribution in [2.24, 2.45) is 0 Å². The molecule has 9 nitrogen and oxygen atoms in total. The van der Waals surface area contributed by atoms with E-state index in [0.717, 1.165) is 6.07 Å². The Morgan fingerprint density at radius 3 is 2.63 bits per heavy atom. The molecule has 3 aliphatic carbocycles. The minimum atomic E-state index is -0.598. The maximum atomic E-state index is 13.5. The first-order valence-electron chi connectivity index (χ1n) is 11.6. The summed E-state index contributed by atoms with van der Waals surface area (Å²) in [6, 6.07) is 3.95. The van der Waals surface area contributed by atoms with Crippen LogP contribution in [0.1, 0.15) is 64.7 Å². The quantitative estimate of drug-likeness (QED) is 0.632. The fourth-order valence-electron chi connectivity index (χ4n) is 5.25. The molecule has 1 N–H and O–H groups in total. The molecule has 4 fully saturated rings. The summed E-state index contributed by atoms with van der Waals surface area (Å²) in [5, 5.41) is 11.5. The second-order valence-electron chi connectivity index (χ2n) is 10.9. The third kappa shape index (κ3) is 4.32. The minimum Gasteiger partial charge on any atom is -0.484 e. The van der Waals surface area contributed by atoms with E-state index in [1.165, 1.54) is 12.1 Å². The number of carbonyl (C=O) groups is 2. The van der Waals surface area contributed by atoms with Crippen molar-refractivity contribution in [3.8, 4) is 5.75 Å². The molecule has 35 heavy (non-hydrogen) atoms. The van der Waals surface area contributed by atoms with Gasteiger partial charge in [-0.2, -0.15) is 0 Å².